The van der Waals surface area contributed by atoms with Gasteiger partial charge >= 0.3 is 6.09 Å². The van der Waals surface area contributed by atoms with E-state index in [0.717, 1.165) is 5.56 Å². The number of benzene rings is 2. The summed E-state index contributed by atoms with van der Waals surface area (Å²) in [4.78, 5) is 11.9. The van der Waals surface area contributed by atoms with Gasteiger partial charge in [-0.3, -0.25) is 0 Å². The van der Waals surface area contributed by atoms with Crippen LogP contribution in [-0.2, 0) is 14.8 Å². The minimum atomic E-state index is -4.13. The summed E-state index contributed by atoms with van der Waals surface area (Å²) in [5.41, 5.74) is 0.993. The topological polar surface area (TPSA) is 63.7 Å². The maximum atomic E-state index is 14.0. The minimum absolute atomic E-state index is 0.0386. The van der Waals surface area contributed by atoms with Crippen LogP contribution in [0.3, 0.4) is 0 Å². The number of cyclic esters (lactones) is 1. The average Bonchev–Trinajstić information content (AvgIpc) is 2.90. The normalized spacial score (nSPS) is 18.1. The summed E-state index contributed by atoms with van der Waals surface area (Å²) in [6, 6.07) is 10.8. The maximum absolute atomic E-state index is 14.0. The second-order valence-electron chi connectivity index (χ2n) is 5.23. The lowest BCUT2D eigenvalue weighted by Gasteiger charge is -2.21. The monoisotopic (exact) mass is 335 g/mol. The molecule has 0 aliphatic carbocycles. The van der Waals surface area contributed by atoms with E-state index in [2.05, 4.69) is 0 Å². The summed E-state index contributed by atoms with van der Waals surface area (Å²) in [6.07, 6.45) is -1.00. The predicted octanol–water partition coefficient (Wildman–Crippen LogP) is 3.02. The summed E-state index contributed by atoms with van der Waals surface area (Å²) in [5, 5.41) is 0. The third kappa shape index (κ3) is 2.68. The molecule has 2 aromatic rings. The predicted molar refractivity (Wildman–Crippen MR) is 80.7 cm³/mol. The Morgan fingerprint density at radius 2 is 1.78 bits per heavy atom. The molecule has 0 radical (unpaired) electrons. The van der Waals surface area contributed by atoms with E-state index < -0.39 is 28.0 Å². The van der Waals surface area contributed by atoms with Crippen LogP contribution < -0.4 is 0 Å². The van der Waals surface area contributed by atoms with Gasteiger partial charge in [-0.1, -0.05) is 35.9 Å². The van der Waals surface area contributed by atoms with E-state index in [9.17, 15) is 17.6 Å². The Morgan fingerprint density at radius 3 is 2.43 bits per heavy atom. The van der Waals surface area contributed by atoms with Crippen molar-refractivity contribution in [3.63, 3.8) is 0 Å². The second-order valence-corrected chi connectivity index (χ2v) is 7.04. The van der Waals surface area contributed by atoms with Crippen LogP contribution >= 0.6 is 0 Å². The van der Waals surface area contributed by atoms with Crippen molar-refractivity contribution in [2.45, 2.75) is 17.9 Å². The number of ether oxygens (including phenoxy) is 1. The summed E-state index contributed by atoms with van der Waals surface area (Å²) < 4.78 is 45.0. The van der Waals surface area contributed by atoms with E-state index in [-0.39, 0.29) is 17.1 Å². The highest BCUT2D eigenvalue weighted by Crippen LogP contribution is 2.34. The Balaban J connectivity index is 2.06. The number of carbonyl (C=O) groups is 1. The van der Waals surface area contributed by atoms with Gasteiger partial charge in [0.05, 0.1) is 4.90 Å². The largest absolute Gasteiger partial charge is 0.446 e. The molecule has 120 valence electrons. The summed E-state index contributed by atoms with van der Waals surface area (Å²) >= 11 is 0. The number of hydrogen-bond donors (Lipinski definition) is 0. The van der Waals surface area contributed by atoms with Gasteiger partial charge in [0, 0.05) is 5.56 Å². The zero-order chi connectivity index (χ0) is 16.6. The molecule has 5 nitrogen and oxygen atoms in total. The SMILES string of the molecule is Cc1ccc(S(=O)(=O)N2C(=O)OC[C@H]2c2ccccc2F)cc1. The average molecular weight is 335 g/mol. The molecule has 3 rings (SSSR count). The fourth-order valence-corrected chi connectivity index (χ4v) is 3.93. The molecular weight excluding hydrogens is 321 g/mol. The maximum Gasteiger partial charge on any atom is 0.424 e. The van der Waals surface area contributed by atoms with Crippen molar-refractivity contribution in [3.8, 4) is 0 Å². The lowest BCUT2D eigenvalue weighted by Crippen LogP contribution is -2.34. The first kappa shape index (κ1) is 15.5. The first-order chi connectivity index (χ1) is 10.9. The number of nitrogens with zero attached hydrogens (tertiary/aromatic N) is 1. The highest BCUT2D eigenvalue weighted by atomic mass is 32.2. The number of aryl methyl sites for hydroxylation is 1. The molecule has 0 bridgehead atoms. The molecule has 0 unspecified atom stereocenters. The van der Waals surface area contributed by atoms with Crippen LogP contribution in [0.2, 0.25) is 0 Å². The van der Waals surface area contributed by atoms with E-state index in [1.165, 1.54) is 30.3 Å². The van der Waals surface area contributed by atoms with E-state index in [0.29, 0.717) is 4.31 Å². The molecule has 1 amide bonds. The number of hydrogen-bond acceptors (Lipinski definition) is 4. The van der Waals surface area contributed by atoms with Crippen LogP contribution in [0, 0.1) is 12.7 Å². The Morgan fingerprint density at radius 1 is 1.13 bits per heavy atom. The Bertz CT molecular complexity index is 849. The molecule has 1 aliphatic rings. The van der Waals surface area contributed by atoms with Crippen molar-refractivity contribution < 1.29 is 22.3 Å². The van der Waals surface area contributed by atoms with E-state index in [1.54, 1.807) is 18.2 Å². The lowest BCUT2D eigenvalue weighted by molar-refractivity contribution is 0.170. The zero-order valence-corrected chi connectivity index (χ0v) is 13.1. The van der Waals surface area contributed by atoms with Crippen molar-refractivity contribution in [1.82, 2.24) is 4.31 Å². The highest BCUT2D eigenvalue weighted by molar-refractivity contribution is 7.89. The molecule has 7 heteroatoms. The number of sulfonamides is 1. The highest BCUT2D eigenvalue weighted by Gasteiger charge is 2.44. The van der Waals surface area contributed by atoms with Gasteiger partial charge in [-0.2, -0.15) is 4.31 Å². The number of amides is 1. The van der Waals surface area contributed by atoms with E-state index >= 15 is 0 Å². The van der Waals surface area contributed by atoms with Crippen LogP contribution in [0.4, 0.5) is 9.18 Å². The summed E-state index contributed by atoms with van der Waals surface area (Å²) in [6.45, 7) is 1.60. The van der Waals surface area contributed by atoms with Gasteiger partial charge in [0.15, 0.2) is 0 Å². The van der Waals surface area contributed by atoms with Gasteiger partial charge < -0.3 is 4.74 Å². The third-order valence-corrected chi connectivity index (χ3v) is 5.46. The molecular formula is C16H14FNO4S. The number of rotatable bonds is 3. The van der Waals surface area contributed by atoms with Gasteiger partial charge in [-0.05, 0) is 25.1 Å². The van der Waals surface area contributed by atoms with Crippen LogP contribution in [-0.4, -0.2) is 25.4 Å². The molecule has 0 aromatic heterocycles. The summed E-state index contributed by atoms with van der Waals surface area (Å²) in [7, 11) is -4.13. The van der Waals surface area contributed by atoms with Crippen molar-refractivity contribution in [2.24, 2.45) is 0 Å². The lowest BCUT2D eigenvalue weighted by atomic mass is 10.1. The quantitative estimate of drug-likeness (QED) is 0.865. The van der Waals surface area contributed by atoms with Crippen LogP contribution in [0.5, 0.6) is 0 Å². The standard InChI is InChI=1S/C16H14FNO4S/c1-11-6-8-12(9-7-11)23(20,21)18-15(10-22-16(18)19)13-4-2-3-5-14(13)17/h2-9,15H,10H2,1H3/t15-/m0/s1. The number of halogens is 1. The first-order valence-corrected chi connectivity index (χ1v) is 8.37. The van der Waals surface area contributed by atoms with Crippen molar-refractivity contribution in [1.29, 1.82) is 0 Å². The fraction of sp³-hybridized carbons (Fsp3) is 0.188. The molecule has 0 N–H and O–H groups in total. The zero-order valence-electron chi connectivity index (χ0n) is 12.3. The molecule has 1 fully saturated rings. The van der Waals surface area contributed by atoms with Crippen LogP contribution in [0.25, 0.3) is 0 Å². The molecule has 1 saturated heterocycles. The van der Waals surface area contributed by atoms with Gasteiger partial charge in [0.2, 0.25) is 0 Å². The smallest absolute Gasteiger partial charge is 0.424 e. The van der Waals surface area contributed by atoms with Crippen molar-refractivity contribution >= 4 is 16.1 Å². The minimum Gasteiger partial charge on any atom is -0.446 e. The van der Waals surface area contributed by atoms with Crippen molar-refractivity contribution in [3.05, 3.63) is 65.5 Å². The van der Waals surface area contributed by atoms with E-state index in [1.807, 2.05) is 6.92 Å². The van der Waals surface area contributed by atoms with Gasteiger partial charge in [0.25, 0.3) is 10.0 Å². The van der Waals surface area contributed by atoms with Gasteiger partial charge in [-0.15, -0.1) is 0 Å². The second kappa shape index (κ2) is 5.66. The molecule has 1 atom stereocenters. The van der Waals surface area contributed by atoms with Gasteiger partial charge in [0.1, 0.15) is 18.5 Å². The molecule has 0 spiro atoms. The van der Waals surface area contributed by atoms with E-state index in [4.69, 9.17) is 4.74 Å². The molecule has 1 heterocycles. The fourth-order valence-electron chi connectivity index (χ4n) is 2.46. The third-order valence-electron chi connectivity index (χ3n) is 3.67. The van der Waals surface area contributed by atoms with Crippen molar-refractivity contribution in [2.75, 3.05) is 6.61 Å². The van der Waals surface area contributed by atoms with Crippen LogP contribution in [0.1, 0.15) is 17.2 Å². The first-order valence-electron chi connectivity index (χ1n) is 6.93. The molecule has 23 heavy (non-hydrogen) atoms. The summed E-state index contributed by atoms with van der Waals surface area (Å²) in [5.74, 6) is -0.583. The van der Waals surface area contributed by atoms with Gasteiger partial charge in [-0.25, -0.2) is 17.6 Å². The number of carbonyl (C=O) groups excluding carboxylic acids is 1. The molecule has 2 aromatic carbocycles. The molecule has 0 saturated carbocycles. The Labute approximate surface area is 133 Å². The van der Waals surface area contributed by atoms with Crippen LogP contribution in [0.15, 0.2) is 53.4 Å². The molecule has 1 aliphatic heterocycles. The Hall–Kier alpha value is -2.41. The Kier molecular flexibility index (Phi) is 3.81.